The number of sulfonamides is 1. The van der Waals surface area contributed by atoms with Crippen molar-refractivity contribution in [3.8, 4) is 0 Å². The van der Waals surface area contributed by atoms with Crippen LogP contribution in [0.5, 0.6) is 0 Å². The maximum absolute atomic E-state index is 12.2. The third-order valence-corrected chi connectivity index (χ3v) is 4.50. The molecule has 19 heavy (non-hydrogen) atoms. The lowest BCUT2D eigenvalue weighted by Crippen LogP contribution is -2.25. The fraction of sp³-hybridized carbons (Fsp3) is 0.250. The molecule has 6 nitrogen and oxygen atoms in total. The van der Waals surface area contributed by atoms with Crippen molar-refractivity contribution in [2.24, 2.45) is 7.05 Å². The maximum atomic E-state index is 12.2. The van der Waals surface area contributed by atoms with Gasteiger partial charge >= 0.3 is 0 Å². The molecule has 0 bridgehead atoms. The Balaban J connectivity index is 2.24. The van der Waals surface area contributed by atoms with Crippen molar-refractivity contribution in [3.63, 3.8) is 0 Å². The van der Waals surface area contributed by atoms with Crippen molar-refractivity contribution in [1.29, 1.82) is 0 Å². The van der Waals surface area contributed by atoms with Gasteiger partial charge in [0.1, 0.15) is 5.82 Å². The molecule has 1 aromatic heterocycles. The van der Waals surface area contributed by atoms with Crippen LogP contribution >= 0.6 is 0 Å². The van der Waals surface area contributed by atoms with Gasteiger partial charge in [0.05, 0.1) is 11.4 Å². The number of benzene rings is 1. The average Bonchev–Trinajstić information content (AvgIpc) is 2.76. The first kappa shape index (κ1) is 13.6. The van der Waals surface area contributed by atoms with E-state index in [0.29, 0.717) is 17.1 Å². The van der Waals surface area contributed by atoms with Crippen LogP contribution in [-0.4, -0.2) is 18.0 Å². The second-order valence-electron chi connectivity index (χ2n) is 4.25. The van der Waals surface area contributed by atoms with Gasteiger partial charge in [-0.25, -0.2) is 18.1 Å². The van der Waals surface area contributed by atoms with Gasteiger partial charge in [-0.15, -0.1) is 0 Å². The molecule has 0 aliphatic carbocycles. The second-order valence-corrected chi connectivity index (χ2v) is 5.98. The van der Waals surface area contributed by atoms with Gasteiger partial charge in [0.25, 0.3) is 0 Å². The summed E-state index contributed by atoms with van der Waals surface area (Å²) in [5.41, 5.74) is 6.73. The Kier molecular flexibility index (Phi) is 3.59. The number of aromatic nitrogens is 2. The third-order valence-electron chi connectivity index (χ3n) is 2.96. The average molecular weight is 280 g/mol. The number of aryl methyl sites for hydroxylation is 1. The highest BCUT2D eigenvalue weighted by atomic mass is 32.2. The summed E-state index contributed by atoms with van der Waals surface area (Å²) in [6, 6.07) is 4.83. The lowest BCUT2D eigenvalue weighted by atomic mass is 10.2. The van der Waals surface area contributed by atoms with E-state index in [1.807, 2.05) is 7.05 Å². The summed E-state index contributed by atoms with van der Waals surface area (Å²) >= 11 is 0. The zero-order valence-electron chi connectivity index (χ0n) is 10.8. The first-order valence-corrected chi connectivity index (χ1v) is 7.21. The zero-order chi connectivity index (χ0) is 14.0. The fourth-order valence-electron chi connectivity index (χ4n) is 1.73. The van der Waals surface area contributed by atoms with Crippen LogP contribution in [0.15, 0.2) is 35.5 Å². The van der Waals surface area contributed by atoms with E-state index < -0.39 is 10.0 Å². The fourth-order valence-corrected chi connectivity index (χ4v) is 2.98. The van der Waals surface area contributed by atoms with Crippen molar-refractivity contribution < 1.29 is 8.42 Å². The molecule has 3 N–H and O–H groups in total. The minimum absolute atomic E-state index is 0.139. The number of nitrogens with one attached hydrogen (secondary N) is 1. The Morgan fingerprint density at radius 2 is 2.16 bits per heavy atom. The number of hydrogen-bond acceptors (Lipinski definition) is 4. The summed E-state index contributed by atoms with van der Waals surface area (Å²) in [6.45, 7) is 1.82. The van der Waals surface area contributed by atoms with Crippen LogP contribution < -0.4 is 10.5 Å². The molecule has 0 amide bonds. The van der Waals surface area contributed by atoms with E-state index in [9.17, 15) is 8.42 Å². The van der Waals surface area contributed by atoms with Gasteiger partial charge in [0, 0.05) is 25.1 Å². The monoisotopic (exact) mass is 280 g/mol. The van der Waals surface area contributed by atoms with Crippen molar-refractivity contribution in [3.05, 3.63) is 42.0 Å². The number of rotatable bonds is 4. The number of anilines is 1. The highest BCUT2D eigenvalue weighted by Gasteiger charge is 2.18. The molecule has 1 heterocycles. The van der Waals surface area contributed by atoms with Gasteiger partial charge in [-0.1, -0.05) is 6.07 Å². The predicted molar refractivity (Wildman–Crippen MR) is 72.8 cm³/mol. The Hall–Kier alpha value is -1.86. The lowest BCUT2D eigenvalue weighted by molar-refractivity contribution is 0.577. The van der Waals surface area contributed by atoms with Gasteiger partial charge < -0.3 is 10.3 Å². The Morgan fingerprint density at radius 1 is 1.42 bits per heavy atom. The van der Waals surface area contributed by atoms with Crippen LogP contribution in [-0.2, 0) is 23.6 Å². The van der Waals surface area contributed by atoms with Gasteiger partial charge in [-0.2, -0.15) is 0 Å². The number of hydrogen-bond donors (Lipinski definition) is 2. The van der Waals surface area contributed by atoms with Crippen LogP contribution in [0.4, 0.5) is 5.69 Å². The molecular weight excluding hydrogens is 264 g/mol. The quantitative estimate of drug-likeness (QED) is 0.810. The van der Waals surface area contributed by atoms with E-state index in [2.05, 4.69) is 9.71 Å². The van der Waals surface area contributed by atoms with Crippen LogP contribution in [0, 0.1) is 6.92 Å². The smallest absolute Gasteiger partial charge is 0.241 e. The number of nitrogen functional groups attached to an aromatic ring is 1. The van der Waals surface area contributed by atoms with Gasteiger partial charge in [0.15, 0.2) is 0 Å². The van der Waals surface area contributed by atoms with E-state index in [-0.39, 0.29) is 11.4 Å². The normalized spacial score (nSPS) is 11.7. The van der Waals surface area contributed by atoms with Gasteiger partial charge in [-0.3, -0.25) is 0 Å². The molecular formula is C12H16N4O2S. The zero-order valence-corrected chi connectivity index (χ0v) is 11.6. The van der Waals surface area contributed by atoms with Crippen LogP contribution in [0.1, 0.15) is 11.4 Å². The molecule has 0 atom stereocenters. The topological polar surface area (TPSA) is 90.0 Å². The van der Waals surface area contributed by atoms with Crippen LogP contribution in [0.2, 0.25) is 0 Å². The molecule has 0 unspecified atom stereocenters. The summed E-state index contributed by atoms with van der Waals surface area (Å²) in [6.07, 6.45) is 3.38. The molecule has 0 aliphatic rings. The maximum Gasteiger partial charge on any atom is 0.241 e. The molecule has 0 radical (unpaired) electrons. The van der Waals surface area contributed by atoms with Crippen molar-refractivity contribution >= 4 is 15.7 Å². The highest BCUT2D eigenvalue weighted by molar-refractivity contribution is 7.89. The van der Waals surface area contributed by atoms with Crippen molar-refractivity contribution in [1.82, 2.24) is 14.3 Å². The predicted octanol–water partition coefficient (Wildman–Crippen LogP) is 0.789. The van der Waals surface area contributed by atoms with E-state index in [0.717, 1.165) is 0 Å². The van der Waals surface area contributed by atoms with E-state index in [1.165, 1.54) is 6.07 Å². The number of nitrogens with zero attached hydrogens (tertiary/aromatic N) is 2. The second kappa shape index (κ2) is 5.02. The minimum Gasteiger partial charge on any atom is -0.398 e. The first-order chi connectivity index (χ1) is 8.92. The minimum atomic E-state index is -3.59. The van der Waals surface area contributed by atoms with Crippen LogP contribution in [0.25, 0.3) is 0 Å². The molecule has 2 aromatic rings. The van der Waals surface area contributed by atoms with E-state index >= 15 is 0 Å². The Bertz CT molecular complexity index is 692. The Morgan fingerprint density at radius 3 is 2.79 bits per heavy atom. The summed E-state index contributed by atoms with van der Waals surface area (Å²) in [7, 11) is -1.78. The SMILES string of the molecule is Cc1c(N)cccc1S(=O)(=O)NCc1nccn1C. The highest BCUT2D eigenvalue weighted by Crippen LogP contribution is 2.20. The van der Waals surface area contributed by atoms with Crippen LogP contribution in [0.3, 0.4) is 0 Å². The summed E-state index contributed by atoms with van der Waals surface area (Å²) in [4.78, 5) is 4.26. The molecule has 0 fully saturated rings. The van der Waals surface area contributed by atoms with E-state index in [1.54, 1.807) is 36.0 Å². The van der Waals surface area contributed by atoms with Gasteiger partial charge in [-0.05, 0) is 24.6 Å². The molecule has 102 valence electrons. The molecule has 2 rings (SSSR count). The lowest BCUT2D eigenvalue weighted by Gasteiger charge is -2.10. The summed E-state index contributed by atoms with van der Waals surface area (Å²) in [5.74, 6) is 0.644. The summed E-state index contributed by atoms with van der Waals surface area (Å²) < 4.78 is 28.7. The number of nitrogens with two attached hydrogens (primary N) is 1. The molecule has 7 heteroatoms. The standard InChI is InChI=1S/C12H16N4O2S/c1-9-10(13)4-3-5-11(9)19(17,18)15-8-12-14-6-7-16(12)2/h3-7,15H,8,13H2,1-2H3. The molecule has 0 spiro atoms. The number of imidazole rings is 1. The largest absolute Gasteiger partial charge is 0.398 e. The summed E-state index contributed by atoms with van der Waals surface area (Å²) in [5, 5.41) is 0. The third kappa shape index (κ3) is 2.77. The Labute approximate surface area is 112 Å². The van der Waals surface area contributed by atoms with Crippen molar-refractivity contribution in [2.45, 2.75) is 18.4 Å². The molecule has 0 saturated carbocycles. The van der Waals surface area contributed by atoms with E-state index in [4.69, 9.17) is 5.73 Å². The van der Waals surface area contributed by atoms with Crippen molar-refractivity contribution in [2.75, 3.05) is 5.73 Å². The molecule has 0 saturated heterocycles. The molecule has 0 aliphatic heterocycles. The van der Waals surface area contributed by atoms with Gasteiger partial charge in [0.2, 0.25) is 10.0 Å². The first-order valence-electron chi connectivity index (χ1n) is 5.73. The molecule has 1 aromatic carbocycles.